The third kappa shape index (κ3) is 3.51. The van der Waals surface area contributed by atoms with Gasteiger partial charge in [0.1, 0.15) is 19.0 Å². The van der Waals surface area contributed by atoms with E-state index < -0.39 is 0 Å². The van der Waals surface area contributed by atoms with E-state index in [9.17, 15) is 4.79 Å². The second-order valence-corrected chi connectivity index (χ2v) is 8.34. The van der Waals surface area contributed by atoms with E-state index in [-0.39, 0.29) is 12.5 Å². The lowest BCUT2D eigenvalue weighted by atomic mass is 10.1. The highest BCUT2D eigenvalue weighted by atomic mass is 35.5. The highest BCUT2D eigenvalue weighted by molar-refractivity contribution is 7.22. The average Bonchev–Trinajstić information content (AvgIpc) is 3.41. The minimum atomic E-state index is -0.203. The van der Waals surface area contributed by atoms with Crippen molar-refractivity contribution in [2.45, 2.75) is 13.5 Å². The summed E-state index contributed by atoms with van der Waals surface area (Å²) in [7, 11) is 0. The highest BCUT2D eigenvalue weighted by Crippen LogP contribution is 2.36. The largest absolute Gasteiger partial charge is 0.486 e. The summed E-state index contributed by atoms with van der Waals surface area (Å²) in [5, 5.41) is 1.22. The number of carbonyl (C=O) groups is 1. The molecule has 0 saturated carbocycles. The Hall–Kier alpha value is -3.03. The van der Waals surface area contributed by atoms with Crippen LogP contribution in [0.25, 0.3) is 10.2 Å². The van der Waals surface area contributed by atoms with Crippen molar-refractivity contribution in [2.75, 3.05) is 18.1 Å². The first kappa shape index (κ1) is 19.0. The molecule has 30 heavy (non-hydrogen) atoms. The maximum Gasteiger partial charge on any atom is 0.260 e. The number of amides is 1. The maximum absolute atomic E-state index is 13.5. The molecule has 152 valence electrons. The van der Waals surface area contributed by atoms with E-state index in [1.807, 2.05) is 25.1 Å². The Morgan fingerprint density at radius 2 is 2.00 bits per heavy atom. The molecule has 5 rings (SSSR count). The predicted molar refractivity (Wildman–Crippen MR) is 116 cm³/mol. The van der Waals surface area contributed by atoms with Gasteiger partial charge < -0.3 is 13.9 Å². The first-order valence-electron chi connectivity index (χ1n) is 9.39. The molecule has 0 bridgehead atoms. The summed E-state index contributed by atoms with van der Waals surface area (Å²) < 4.78 is 17.6. The van der Waals surface area contributed by atoms with Gasteiger partial charge in [0.15, 0.2) is 16.6 Å². The van der Waals surface area contributed by atoms with Crippen molar-refractivity contribution < 1.29 is 18.7 Å². The van der Waals surface area contributed by atoms with Gasteiger partial charge in [-0.1, -0.05) is 22.9 Å². The van der Waals surface area contributed by atoms with Gasteiger partial charge >= 0.3 is 0 Å². The van der Waals surface area contributed by atoms with Gasteiger partial charge in [-0.2, -0.15) is 0 Å². The molecular formula is C22H17ClN2O4S. The molecule has 0 atom stereocenters. The third-order valence-electron chi connectivity index (χ3n) is 4.80. The SMILES string of the molecule is Cc1cc(Cl)cc2sc(N(Cc3ccco3)C(=O)c3ccc4c(c3)OCCO4)nc12. The Morgan fingerprint density at radius 1 is 1.17 bits per heavy atom. The number of rotatable bonds is 4. The second-order valence-electron chi connectivity index (χ2n) is 6.89. The maximum atomic E-state index is 13.5. The number of furan rings is 1. The number of halogens is 1. The molecule has 0 fully saturated rings. The molecule has 8 heteroatoms. The number of anilines is 1. The van der Waals surface area contributed by atoms with Crippen molar-refractivity contribution in [3.63, 3.8) is 0 Å². The van der Waals surface area contributed by atoms with Crippen molar-refractivity contribution >= 4 is 44.2 Å². The number of ether oxygens (including phenoxy) is 2. The van der Waals surface area contributed by atoms with Crippen molar-refractivity contribution in [2.24, 2.45) is 0 Å². The fourth-order valence-electron chi connectivity index (χ4n) is 3.38. The minimum absolute atomic E-state index is 0.203. The summed E-state index contributed by atoms with van der Waals surface area (Å²) in [6.45, 7) is 3.17. The van der Waals surface area contributed by atoms with E-state index in [4.69, 9.17) is 30.5 Å². The van der Waals surface area contributed by atoms with Crippen LogP contribution in [0.2, 0.25) is 5.02 Å². The van der Waals surface area contributed by atoms with E-state index in [1.165, 1.54) is 11.3 Å². The lowest BCUT2D eigenvalue weighted by Crippen LogP contribution is -2.30. The lowest BCUT2D eigenvalue weighted by molar-refractivity contribution is 0.0982. The van der Waals surface area contributed by atoms with Gasteiger partial charge in [-0.15, -0.1) is 0 Å². The quantitative estimate of drug-likeness (QED) is 0.421. The Labute approximate surface area is 181 Å². The molecule has 6 nitrogen and oxygen atoms in total. The first-order chi connectivity index (χ1) is 14.6. The fraction of sp³-hybridized carbons (Fsp3) is 0.182. The van der Waals surface area contributed by atoms with Crippen LogP contribution in [0, 0.1) is 6.92 Å². The summed E-state index contributed by atoms with van der Waals surface area (Å²) in [4.78, 5) is 19.9. The lowest BCUT2D eigenvalue weighted by Gasteiger charge is -2.21. The number of fused-ring (bicyclic) bond motifs is 2. The number of carbonyl (C=O) groups excluding carboxylic acids is 1. The van der Waals surface area contributed by atoms with E-state index in [0.29, 0.717) is 46.2 Å². The van der Waals surface area contributed by atoms with Crippen LogP contribution in [0.3, 0.4) is 0 Å². The molecule has 1 aliphatic heterocycles. The molecule has 0 saturated heterocycles. The van der Waals surface area contributed by atoms with Crippen LogP contribution in [-0.2, 0) is 6.54 Å². The number of nitrogens with zero attached hydrogens (tertiary/aromatic N) is 2. The monoisotopic (exact) mass is 440 g/mol. The van der Waals surface area contributed by atoms with Gasteiger partial charge in [-0.25, -0.2) is 4.98 Å². The topological polar surface area (TPSA) is 64.8 Å². The Morgan fingerprint density at radius 3 is 2.80 bits per heavy atom. The van der Waals surface area contributed by atoms with Gasteiger partial charge in [0.2, 0.25) is 0 Å². The Balaban J connectivity index is 1.57. The molecule has 0 N–H and O–H groups in total. The van der Waals surface area contributed by atoms with Crippen LogP contribution >= 0.6 is 22.9 Å². The minimum Gasteiger partial charge on any atom is -0.486 e. The first-order valence-corrected chi connectivity index (χ1v) is 10.6. The number of thiazole rings is 1. The van der Waals surface area contributed by atoms with Gasteiger partial charge in [-0.3, -0.25) is 9.69 Å². The molecular weight excluding hydrogens is 424 g/mol. The van der Waals surface area contributed by atoms with Crippen LogP contribution in [0.4, 0.5) is 5.13 Å². The van der Waals surface area contributed by atoms with Gasteiger partial charge in [-0.05, 0) is 55.0 Å². The van der Waals surface area contributed by atoms with Crippen molar-refractivity contribution in [3.05, 3.63) is 70.6 Å². The molecule has 0 spiro atoms. The predicted octanol–water partition coefficient (Wildman–Crippen LogP) is 5.47. The zero-order valence-corrected chi connectivity index (χ0v) is 17.6. The van der Waals surface area contributed by atoms with Crippen LogP contribution in [0.5, 0.6) is 11.5 Å². The van der Waals surface area contributed by atoms with Crippen LogP contribution < -0.4 is 14.4 Å². The third-order valence-corrected chi connectivity index (χ3v) is 6.04. The molecule has 0 aliphatic carbocycles. The summed E-state index contributed by atoms with van der Waals surface area (Å²) >= 11 is 7.63. The molecule has 0 unspecified atom stereocenters. The Bertz CT molecular complexity index is 1240. The summed E-state index contributed by atoms with van der Waals surface area (Å²) in [6.07, 6.45) is 1.59. The van der Waals surface area contributed by atoms with Crippen molar-refractivity contribution in [3.8, 4) is 11.5 Å². The second kappa shape index (κ2) is 7.66. The van der Waals surface area contributed by atoms with Gasteiger partial charge in [0, 0.05) is 10.6 Å². The number of benzene rings is 2. The van der Waals surface area contributed by atoms with E-state index in [1.54, 1.807) is 35.4 Å². The number of aromatic nitrogens is 1. The Kier molecular flexibility index (Phi) is 4.84. The number of aryl methyl sites for hydroxylation is 1. The van der Waals surface area contributed by atoms with Crippen molar-refractivity contribution in [1.82, 2.24) is 4.98 Å². The summed E-state index contributed by atoms with van der Waals surface area (Å²) in [6, 6.07) is 12.6. The van der Waals surface area contributed by atoms with Crippen LogP contribution in [0.1, 0.15) is 21.7 Å². The van der Waals surface area contributed by atoms with Gasteiger partial charge in [0.05, 0.1) is 23.0 Å². The standard InChI is InChI=1S/C22H17ClN2O4S/c1-13-9-15(23)11-19-20(13)24-22(30-19)25(12-16-3-2-6-27-16)21(26)14-4-5-17-18(10-14)29-8-7-28-17/h2-6,9-11H,7-8,12H2,1H3. The molecule has 2 aromatic carbocycles. The van der Waals surface area contributed by atoms with E-state index in [0.717, 1.165) is 15.8 Å². The molecule has 3 heterocycles. The average molecular weight is 441 g/mol. The van der Waals surface area contributed by atoms with E-state index in [2.05, 4.69) is 0 Å². The fourth-order valence-corrected chi connectivity index (χ4v) is 4.79. The summed E-state index contributed by atoms with van der Waals surface area (Å²) in [5.41, 5.74) is 2.28. The number of hydrogen-bond donors (Lipinski definition) is 0. The highest BCUT2D eigenvalue weighted by Gasteiger charge is 2.25. The molecule has 0 radical (unpaired) electrons. The van der Waals surface area contributed by atoms with Gasteiger partial charge in [0.25, 0.3) is 5.91 Å². The van der Waals surface area contributed by atoms with E-state index >= 15 is 0 Å². The van der Waals surface area contributed by atoms with Crippen LogP contribution in [0.15, 0.2) is 53.1 Å². The van der Waals surface area contributed by atoms with Crippen LogP contribution in [-0.4, -0.2) is 24.1 Å². The zero-order chi connectivity index (χ0) is 20.7. The molecule has 1 aliphatic rings. The molecule has 4 aromatic rings. The van der Waals surface area contributed by atoms with Crippen molar-refractivity contribution in [1.29, 1.82) is 0 Å². The smallest absolute Gasteiger partial charge is 0.260 e. The normalized spacial score (nSPS) is 12.9. The summed E-state index contributed by atoms with van der Waals surface area (Å²) in [5.74, 6) is 1.67. The zero-order valence-electron chi connectivity index (χ0n) is 16.1. The molecule has 1 amide bonds. The number of hydrogen-bond acceptors (Lipinski definition) is 6. The molecule has 2 aromatic heterocycles.